The molecule has 7 heteroatoms. The van der Waals surface area contributed by atoms with Gasteiger partial charge >= 0.3 is 5.97 Å². The van der Waals surface area contributed by atoms with Crippen LogP contribution in [0.2, 0.25) is 0 Å². The zero-order valence-corrected chi connectivity index (χ0v) is 14.1. The van der Waals surface area contributed by atoms with Crippen molar-refractivity contribution in [3.63, 3.8) is 0 Å². The summed E-state index contributed by atoms with van der Waals surface area (Å²) in [6, 6.07) is 3.49. The topological polar surface area (TPSA) is 101 Å². The van der Waals surface area contributed by atoms with Gasteiger partial charge in [-0.25, -0.2) is 9.78 Å². The fraction of sp³-hybridized carbons (Fsp3) is 0.444. The number of carboxylic acids is 1. The van der Waals surface area contributed by atoms with E-state index in [0.29, 0.717) is 18.5 Å². The van der Waals surface area contributed by atoms with E-state index in [9.17, 15) is 19.5 Å². The number of nitrogens with zero attached hydrogens (tertiary/aromatic N) is 2. The molecule has 25 heavy (non-hydrogen) atoms. The van der Waals surface area contributed by atoms with E-state index in [1.165, 1.54) is 10.6 Å². The lowest BCUT2D eigenvalue weighted by molar-refractivity contribution is -0.145. The standard InChI is InChI=1S/C18H21N3O4/c1-12-6-9-21-14(10-12)19-11-13(16(21)23)15(22)20-18(17(24)25)7-4-2-3-5-8-18/h6,9-11H,2-5,7-8H2,1H3,(H,20,22)(H,24,25). The number of amides is 1. The van der Waals surface area contributed by atoms with Crippen LogP contribution < -0.4 is 10.9 Å². The van der Waals surface area contributed by atoms with Crippen molar-refractivity contribution in [1.29, 1.82) is 0 Å². The van der Waals surface area contributed by atoms with E-state index in [1.807, 2.05) is 6.92 Å². The van der Waals surface area contributed by atoms with Gasteiger partial charge in [0.1, 0.15) is 16.7 Å². The van der Waals surface area contributed by atoms with Gasteiger partial charge in [0.15, 0.2) is 0 Å². The Hall–Kier alpha value is -2.70. The number of pyridine rings is 1. The first-order valence-electron chi connectivity index (χ1n) is 8.47. The number of rotatable bonds is 3. The third-order valence-electron chi connectivity index (χ3n) is 4.83. The Bertz CT molecular complexity index is 880. The Morgan fingerprint density at radius 1 is 1.24 bits per heavy atom. The maximum atomic E-state index is 12.6. The Morgan fingerprint density at radius 2 is 1.92 bits per heavy atom. The SMILES string of the molecule is Cc1ccn2c(=O)c(C(=O)NC3(C(=O)O)CCCCCC3)cnc2c1. The van der Waals surface area contributed by atoms with E-state index < -0.39 is 23.0 Å². The smallest absolute Gasteiger partial charge is 0.329 e. The fourth-order valence-corrected chi connectivity index (χ4v) is 3.34. The van der Waals surface area contributed by atoms with Crippen molar-refractivity contribution in [3.05, 3.63) is 46.0 Å². The highest BCUT2D eigenvalue weighted by Gasteiger charge is 2.40. The number of carboxylic acid groups (broad SMARTS) is 1. The fourth-order valence-electron chi connectivity index (χ4n) is 3.34. The number of aromatic nitrogens is 2. The number of fused-ring (bicyclic) bond motifs is 1. The van der Waals surface area contributed by atoms with E-state index in [0.717, 1.165) is 31.2 Å². The molecular weight excluding hydrogens is 322 g/mol. The first kappa shape index (κ1) is 17.1. The number of aryl methyl sites for hydroxylation is 1. The highest BCUT2D eigenvalue weighted by molar-refractivity contribution is 5.97. The molecular formula is C18H21N3O4. The Morgan fingerprint density at radius 3 is 2.56 bits per heavy atom. The number of hydrogen-bond acceptors (Lipinski definition) is 4. The minimum atomic E-state index is -1.31. The van der Waals surface area contributed by atoms with E-state index in [4.69, 9.17) is 0 Å². The molecule has 1 aliphatic carbocycles. The molecule has 0 unspecified atom stereocenters. The highest BCUT2D eigenvalue weighted by Crippen LogP contribution is 2.27. The zero-order chi connectivity index (χ0) is 18.0. The number of carbonyl (C=O) groups excluding carboxylic acids is 1. The molecule has 3 rings (SSSR count). The molecule has 1 saturated carbocycles. The van der Waals surface area contributed by atoms with Crippen LogP contribution in [0.3, 0.4) is 0 Å². The molecule has 2 aromatic rings. The van der Waals surface area contributed by atoms with Crippen molar-refractivity contribution in [2.24, 2.45) is 0 Å². The molecule has 2 N–H and O–H groups in total. The number of hydrogen-bond donors (Lipinski definition) is 2. The molecule has 0 atom stereocenters. The highest BCUT2D eigenvalue weighted by atomic mass is 16.4. The molecule has 2 aromatic heterocycles. The Balaban J connectivity index is 1.96. The normalized spacial score (nSPS) is 17.0. The van der Waals surface area contributed by atoms with Crippen LogP contribution in [-0.4, -0.2) is 31.9 Å². The van der Waals surface area contributed by atoms with Crippen molar-refractivity contribution < 1.29 is 14.7 Å². The summed E-state index contributed by atoms with van der Waals surface area (Å²) in [4.78, 5) is 41.2. The monoisotopic (exact) mass is 343 g/mol. The van der Waals surface area contributed by atoms with Gasteiger partial charge in [0, 0.05) is 12.4 Å². The molecule has 2 heterocycles. The second-order valence-corrected chi connectivity index (χ2v) is 6.66. The summed E-state index contributed by atoms with van der Waals surface area (Å²) >= 11 is 0. The maximum absolute atomic E-state index is 12.6. The summed E-state index contributed by atoms with van der Waals surface area (Å²) < 4.78 is 1.29. The predicted molar refractivity (Wildman–Crippen MR) is 91.7 cm³/mol. The van der Waals surface area contributed by atoms with Gasteiger partial charge in [-0.1, -0.05) is 25.7 Å². The van der Waals surface area contributed by atoms with Crippen LogP contribution in [0.4, 0.5) is 0 Å². The molecule has 1 fully saturated rings. The zero-order valence-electron chi connectivity index (χ0n) is 14.1. The largest absolute Gasteiger partial charge is 0.480 e. The van der Waals surface area contributed by atoms with Gasteiger partial charge in [-0.15, -0.1) is 0 Å². The Kier molecular flexibility index (Phi) is 4.57. The number of carbonyl (C=O) groups is 2. The quantitative estimate of drug-likeness (QED) is 0.829. The number of nitrogens with one attached hydrogen (secondary N) is 1. The molecule has 0 aliphatic heterocycles. The van der Waals surface area contributed by atoms with Gasteiger partial charge in [-0.2, -0.15) is 0 Å². The van der Waals surface area contributed by atoms with E-state index in [2.05, 4.69) is 10.3 Å². The summed E-state index contributed by atoms with van der Waals surface area (Å²) in [7, 11) is 0. The van der Waals surface area contributed by atoms with Crippen LogP contribution >= 0.6 is 0 Å². The summed E-state index contributed by atoms with van der Waals surface area (Å²) in [5, 5.41) is 12.3. The lowest BCUT2D eigenvalue weighted by Crippen LogP contribution is -2.55. The van der Waals surface area contributed by atoms with Crippen molar-refractivity contribution in [3.8, 4) is 0 Å². The maximum Gasteiger partial charge on any atom is 0.329 e. The van der Waals surface area contributed by atoms with Gasteiger partial charge in [-0.3, -0.25) is 14.0 Å². The summed E-state index contributed by atoms with van der Waals surface area (Å²) in [6.07, 6.45) is 6.90. The third-order valence-corrected chi connectivity index (χ3v) is 4.83. The summed E-state index contributed by atoms with van der Waals surface area (Å²) in [5.74, 6) is -1.73. The summed E-state index contributed by atoms with van der Waals surface area (Å²) in [6.45, 7) is 1.88. The van der Waals surface area contributed by atoms with E-state index >= 15 is 0 Å². The van der Waals surface area contributed by atoms with Crippen LogP contribution in [0.1, 0.15) is 54.4 Å². The lowest BCUT2D eigenvalue weighted by Gasteiger charge is -2.29. The van der Waals surface area contributed by atoms with E-state index in [1.54, 1.807) is 18.3 Å². The third kappa shape index (κ3) is 3.26. The summed E-state index contributed by atoms with van der Waals surface area (Å²) in [5.41, 5.74) is -0.563. The minimum absolute atomic E-state index is 0.147. The average molecular weight is 343 g/mol. The predicted octanol–water partition coefficient (Wildman–Crippen LogP) is 1.91. The molecule has 0 saturated heterocycles. The van der Waals surface area contributed by atoms with Gasteiger partial charge in [0.2, 0.25) is 0 Å². The van der Waals surface area contributed by atoms with Gasteiger partial charge < -0.3 is 10.4 Å². The van der Waals surface area contributed by atoms with Crippen LogP contribution in [0, 0.1) is 6.92 Å². The van der Waals surface area contributed by atoms with Gasteiger partial charge in [0.05, 0.1) is 0 Å². The molecule has 7 nitrogen and oxygen atoms in total. The molecule has 0 radical (unpaired) electrons. The second kappa shape index (κ2) is 6.66. The molecule has 0 spiro atoms. The van der Waals surface area contributed by atoms with Crippen LogP contribution in [0.15, 0.2) is 29.3 Å². The van der Waals surface area contributed by atoms with E-state index in [-0.39, 0.29) is 5.56 Å². The first-order valence-corrected chi connectivity index (χ1v) is 8.47. The number of aliphatic carboxylic acids is 1. The van der Waals surface area contributed by atoms with Crippen molar-refractivity contribution in [2.75, 3.05) is 0 Å². The van der Waals surface area contributed by atoms with Crippen molar-refractivity contribution >= 4 is 17.5 Å². The first-order chi connectivity index (χ1) is 11.9. The second-order valence-electron chi connectivity index (χ2n) is 6.66. The Labute approximate surface area is 144 Å². The molecule has 132 valence electrons. The molecule has 1 aliphatic rings. The van der Waals surface area contributed by atoms with Gasteiger partial charge in [-0.05, 0) is 37.5 Å². The molecule has 0 aromatic carbocycles. The molecule has 1 amide bonds. The lowest BCUT2D eigenvalue weighted by atomic mass is 9.90. The van der Waals surface area contributed by atoms with Gasteiger partial charge in [0.25, 0.3) is 11.5 Å². The van der Waals surface area contributed by atoms with Crippen LogP contribution in [0.5, 0.6) is 0 Å². The van der Waals surface area contributed by atoms with Crippen molar-refractivity contribution in [1.82, 2.24) is 14.7 Å². The average Bonchev–Trinajstić information content (AvgIpc) is 2.81. The van der Waals surface area contributed by atoms with Crippen LogP contribution in [0.25, 0.3) is 5.65 Å². The van der Waals surface area contributed by atoms with Crippen LogP contribution in [-0.2, 0) is 4.79 Å². The molecule has 0 bridgehead atoms. The minimum Gasteiger partial charge on any atom is -0.480 e. The van der Waals surface area contributed by atoms with Crippen molar-refractivity contribution in [2.45, 2.75) is 51.0 Å².